The Morgan fingerprint density at radius 3 is 2.37 bits per heavy atom. The lowest BCUT2D eigenvalue weighted by atomic mass is 9.85. The average Bonchev–Trinajstić information content (AvgIpc) is 2.74. The number of esters is 1. The molecular formula is C22H25NO4. The molecule has 1 aliphatic heterocycles. The molecule has 0 N–H and O–H groups in total. The maximum Gasteiger partial charge on any atom is 0.410 e. The molecule has 0 aromatic heterocycles. The van der Waals surface area contributed by atoms with Gasteiger partial charge in [-0.2, -0.15) is 0 Å². The van der Waals surface area contributed by atoms with Gasteiger partial charge >= 0.3 is 12.1 Å². The van der Waals surface area contributed by atoms with Gasteiger partial charge in [0.2, 0.25) is 0 Å². The topological polar surface area (TPSA) is 55.8 Å². The van der Waals surface area contributed by atoms with E-state index in [1.807, 2.05) is 60.7 Å². The summed E-state index contributed by atoms with van der Waals surface area (Å²) >= 11 is 0. The lowest BCUT2D eigenvalue weighted by molar-refractivity contribution is -0.144. The van der Waals surface area contributed by atoms with Crippen molar-refractivity contribution < 1.29 is 19.1 Å². The molecule has 2 atom stereocenters. The van der Waals surface area contributed by atoms with E-state index in [9.17, 15) is 9.59 Å². The predicted molar refractivity (Wildman–Crippen MR) is 102 cm³/mol. The molecular weight excluding hydrogens is 342 g/mol. The molecule has 5 nitrogen and oxygen atoms in total. The minimum atomic E-state index is -0.513. The highest BCUT2D eigenvalue weighted by atomic mass is 16.6. The SMILES string of the molecule is COC(=O)[C@@H](c1ccccc1)[C@@H]1CCCCN1C(=O)OCc1ccccc1. The van der Waals surface area contributed by atoms with Gasteiger partial charge in [-0.3, -0.25) is 4.79 Å². The lowest BCUT2D eigenvalue weighted by Gasteiger charge is -2.38. The predicted octanol–water partition coefficient (Wildman–Crippen LogP) is 4.13. The Bertz CT molecular complexity index is 747. The van der Waals surface area contributed by atoms with Crippen molar-refractivity contribution >= 4 is 12.1 Å². The van der Waals surface area contributed by atoms with E-state index in [2.05, 4.69) is 0 Å². The Kier molecular flexibility index (Phi) is 6.47. The monoisotopic (exact) mass is 367 g/mol. The Morgan fingerprint density at radius 2 is 1.70 bits per heavy atom. The highest BCUT2D eigenvalue weighted by Gasteiger charge is 2.39. The van der Waals surface area contributed by atoms with Crippen LogP contribution in [0.4, 0.5) is 4.79 Å². The Balaban J connectivity index is 1.78. The third kappa shape index (κ3) is 4.67. The third-order valence-electron chi connectivity index (χ3n) is 4.99. The number of rotatable bonds is 5. The number of carbonyl (C=O) groups excluding carboxylic acids is 2. The van der Waals surface area contributed by atoms with Crippen LogP contribution in [0.2, 0.25) is 0 Å². The first-order chi connectivity index (χ1) is 13.2. The molecule has 3 rings (SSSR count). The molecule has 0 bridgehead atoms. The molecule has 2 aromatic carbocycles. The number of benzene rings is 2. The average molecular weight is 367 g/mol. The molecule has 27 heavy (non-hydrogen) atoms. The smallest absolute Gasteiger partial charge is 0.410 e. The number of carbonyl (C=O) groups is 2. The summed E-state index contributed by atoms with van der Waals surface area (Å²) < 4.78 is 10.6. The van der Waals surface area contributed by atoms with Crippen molar-refractivity contribution in [1.82, 2.24) is 4.90 Å². The van der Waals surface area contributed by atoms with E-state index >= 15 is 0 Å². The quantitative estimate of drug-likeness (QED) is 0.746. The van der Waals surface area contributed by atoms with Crippen molar-refractivity contribution in [1.29, 1.82) is 0 Å². The first-order valence-electron chi connectivity index (χ1n) is 9.31. The van der Waals surface area contributed by atoms with Crippen LogP contribution in [-0.2, 0) is 20.9 Å². The highest BCUT2D eigenvalue weighted by molar-refractivity contribution is 5.80. The fourth-order valence-corrected chi connectivity index (χ4v) is 3.64. The van der Waals surface area contributed by atoms with Gasteiger partial charge < -0.3 is 14.4 Å². The highest BCUT2D eigenvalue weighted by Crippen LogP contribution is 2.32. The van der Waals surface area contributed by atoms with Gasteiger partial charge in [0.05, 0.1) is 13.2 Å². The third-order valence-corrected chi connectivity index (χ3v) is 4.99. The molecule has 0 unspecified atom stereocenters. The molecule has 0 aliphatic carbocycles. The molecule has 1 heterocycles. The van der Waals surface area contributed by atoms with Crippen molar-refractivity contribution in [2.75, 3.05) is 13.7 Å². The second kappa shape index (κ2) is 9.21. The molecule has 1 saturated heterocycles. The fourth-order valence-electron chi connectivity index (χ4n) is 3.64. The Hall–Kier alpha value is -2.82. The summed E-state index contributed by atoms with van der Waals surface area (Å²) in [5, 5.41) is 0. The molecule has 0 radical (unpaired) electrons. The van der Waals surface area contributed by atoms with Gasteiger partial charge in [-0.1, -0.05) is 60.7 Å². The van der Waals surface area contributed by atoms with Crippen LogP contribution in [0.3, 0.4) is 0 Å². The number of hydrogen-bond acceptors (Lipinski definition) is 4. The summed E-state index contributed by atoms with van der Waals surface area (Å²) in [5.41, 5.74) is 1.80. The van der Waals surface area contributed by atoms with Crippen LogP contribution in [0, 0.1) is 0 Å². The first kappa shape index (κ1) is 19.0. The van der Waals surface area contributed by atoms with Gasteiger partial charge in [-0.15, -0.1) is 0 Å². The van der Waals surface area contributed by atoms with Crippen molar-refractivity contribution in [2.24, 2.45) is 0 Å². The molecule has 5 heteroatoms. The number of likely N-dealkylation sites (tertiary alicyclic amines) is 1. The van der Waals surface area contributed by atoms with E-state index in [1.54, 1.807) is 4.90 Å². The standard InChI is InChI=1S/C22H25NO4/c1-26-21(24)20(18-12-6-3-7-13-18)19-14-8-9-15-23(19)22(25)27-16-17-10-4-2-5-11-17/h2-7,10-13,19-20H,8-9,14-16H2,1H3/t19-,20-/m0/s1. The largest absolute Gasteiger partial charge is 0.468 e. The maximum atomic E-state index is 12.8. The molecule has 1 amide bonds. The maximum absolute atomic E-state index is 12.8. The summed E-state index contributed by atoms with van der Waals surface area (Å²) in [6.07, 6.45) is 2.23. The minimum Gasteiger partial charge on any atom is -0.468 e. The molecule has 2 aromatic rings. The van der Waals surface area contributed by atoms with Crippen LogP contribution in [0.5, 0.6) is 0 Å². The van der Waals surface area contributed by atoms with Crippen LogP contribution < -0.4 is 0 Å². The van der Waals surface area contributed by atoms with E-state index in [0.29, 0.717) is 6.54 Å². The number of methoxy groups -OCH3 is 1. The lowest BCUT2D eigenvalue weighted by Crippen LogP contribution is -2.49. The van der Waals surface area contributed by atoms with Crippen LogP contribution >= 0.6 is 0 Å². The van der Waals surface area contributed by atoms with E-state index in [-0.39, 0.29) is 24.7 Å². The zero-order valence-electron chi connectivity index (χ0n) is 15.5. The van der Waals surface area contributed by atoms with E-state index in [1.165, 1.54) is 7.11 Å². The molecule has 0 spiro atoms. The summed E-state index contributed by atoms with van der Waals surface area (Å²) in [5.74, 6) is -0.838. The summed E-state index contributed by atoms with van der Waals surface area (Å²) in [7, 11) is 1.39. The fraction of sp³-hybridized carbons (Fsp3) is 0.364. The molecule has 0 saturated carbocycles. The van der Waals surface area contributed by atoms with Crippen LogP contribution in [-0.4, -0.2) is 36.7 Å². The van der Waals surface area contributed by atoms with Crippen LogP contribution in [0.15, 0.2) is 60.7 Å². The van der Waals surface area contributed by atoms with Gasteiger partial charge in [-0.25, -0.2) is 4.79 Å². The van der Waals surface area contributed by atoms with Gasteiger partial charge in [0.1, 0.15) is 12.5 Å². The minimum absolute atomic E-state index is 0.219. The number of nitrogens with zero attached hydrogens (tertiary/aromatic N) is 1. The van der Waals surface area contributed by atoms with Crippen molar-refractivity contribution in [3.05, 3.63) is 71.8 Å². The molecule has 1 fully saturated rings. The normalized spacial score (nSPS) is 17.8. The van der Waals surface area contributed by atoms with Crippen molar-refractivity contribution in [3.63, 3.8) is 0 Å². The number of ether oxygens (including phenoxy) is 2. The van der Waals surface area contributed by atoms with Crippen molar-refractivity contribution in [3.8, 4) is 0 Å². The Morgan fingerprint density at radius 1 is 1.04 bits per heavy atom. The van der Waals surface area contributed by atoms with E-state index in [0.717, 1.165) is 30.4 Å². The van der Waals surface area contributed by atoms with Gasteiger partial charge in [0, 0.05) is 6.54 Å². The van der Waals surface area contributed by atoms with Crippen molar-refractivity contribution in [2.45, 2.75) is 37.8 Å². The van der Waals surface area contributed by atoms with E-state index in [4.69, 9.17) is 9.47 Å². The van der Waals surface area contributed by atoms with Gasteiger partial charge in [0.15, 0.2) is 0 Å². The molecule has 142 valence electrons. The number of amides is 1. The molecule has 1 aliphatic rings. The first-order valence-corrected chi connectivity index (χ1v) is 9.31. The number of piperidine rings is 1. The van der Waals surface area contributed by atoms with Gasteiger partial charge in [-0.05, 0) is 30.4 Å². The number of hydrogen-bond donors (Lipinski definition) is 0. The summed E-state index contributed by atoms with van der Waals surface area (Å²) in [4.78, 5) is 27.0. The zero-order chi connectivity index (χ0) is 19.1. The van der Waals surface area contributed by atoms with Gasteiger partial charge in [0.25, 0.3) is 0 Å². The zero-order valence-corrected chi connectivity index (χ0v) is 15.5. The second-order valence-electron chi connectivity index (χ2n) is 6.71. The summed E-state index contributed by atoms with van der Waals surface area (Å²) in [6.45, 7) is 0.801. The van der Waals surface area contributed by atoms with Crippen LogP contribution in [0.25, 0.3) is 0 Å². The van der Waals surface area contributed by atoms with Crippen LogP contribution in [0.1, 0.15) is 36.3 Å². The van der Waals surface area contributed by atoms with E-state index < -0.39 is 5.92 Å². The second-order valence-corrected chi connectivity index (χ2v) is 6.71. The Labute approximate surface area is 159 Å². The summed E-state index contributed by atoms with van der Waals surface area (Å²) in [6, 6.07) is 18.8.